The third-order valence-electron chi connectivity index (χ3n) is 2.80. The van der Waals surface area contributed by atoms with Gasteiger partial charge in [-0.1, -0.05) is 26.8 Å². The summed E-state index contributed by atoms with van der Waals surface area (Å²) >= 11 is 0. The average molecular weight is 238 g/mol. The quantitative estimate of drug-likeness (QED) is 0.686. The van der Waals surface area contributed by atoms with Crippen molar-refractivity contribution in [1.82, 2.24) is 0 Å². The minimum absolute atomic E-state index is 0.0806. The predicted octanol–water partition coefficient (Wildman–Crippen LogP) is 3.31. The van der Waals surface area contributed by atoms with Crippen LogP contribution in [0.5, 0.6) is 0 Å². The Labute approximate surface area is 99.9 Å². The number of aryl methyl sites for hydroxylation is 2. The summed E-state index contributed by atoms with van der Waals surface area (Å²) < 4.78 is 12.1. The number of rotatable bonds is 1. The fourth-order valence-corrected chi connectivity index (χ4v) is 3.21. The Morgan fingerprint density at radius 1 is 1.12 bits per heavy atom. The van der Waals surface area contributed by atoms with E-state index in [1.54, 1.807) is 6.26 Å². The molecular weight excluding hydrogens is 216 g/mol. The lowest BCUT2D eigenvalue weighted by Gasteiger charge is -2.24. The van der Waals surface area contributed by atoms with Crippen molar-refractivity contribution in [3.8, 4) is 0 Å². The SMILES string of the molecule is C=S(C)(=O)c1cc(C(C)(C)C)c(C)cc1C. The second-order valence-electron chi connectivity index (χ2n) is 5.69. The van der Waals surface area contributed by atoms with Crippen molar-refractivity contribution in [2.75, 3.05) is 6.26 Å². The van der Waals surface area contributed by atoms with E-state index < -0.39 is 9.52 Å². The molecule has 0 N–H and O–H groups in total. The van der Waals surface area contributed by atoms with Gasteiger partial charge in [0.15, 0.2) is 0 Å². The Morgan fingerprint density at radius 2 is 1.62 bits per heavy atom. The average Bonchev–Trinajstić information content (AvgIpc) is 1.97. The summed E-state index contributed by atoms with van der Waals surface area (Å²) in [5, 5.41) is 0. The van der Waals surface area contributed by atoms with Crippen molar-refractivity contribution in [1.29, 1.82) is 0 Å². The molecule has 0 fully saturated rings. The first kappa shape index (κ1) is 13.3. The Morgan fingerprint density at radius 3 is 2.00 bits per heavy atom. The maximum absolute atomic E-state index is 12.1. The van der Waals surface area contributed by atoms with Crippen molar-refractivity contribution in [2.45, 2.75) is 44.9 Å². The molecule has 0 aliphatic heterocycles. The maximum Gasteiger partial charge on any atom is 0.0334 e. The van der Waals surface area contributed by atoms with Crippen LogP contribution in [0.3, 0.4) is 0 Å². The van der Waals surface area contributed by atoms with Gasteiger partial charge in [0.1, 0.15) is 0 Å². The molecule has 0 amide bonds. The Bertz CT molecular complexity index is 502. The first-order valence-corrected chi connectivity index (χ1v) is 7.61. The molecule has 0 saturated carbocycles. The Balaban J connectivity index is 3.58. The molecule has 2 heteroatoms. The molecule has 0 spiro atoms. The summed E-state index contributed by atoms with van der Waals surface area (Å²) in [6.45, 7) is 10.6. The lowest BCUT2D eigenvalue weighted by atomic mass is 9.83. The molecule has 1 aromatic carbocycles. The number of benzene rings is 1. The summed E-state index contributed by atoms with van der Waals surface area (Å²) in [6, 6.07) is 4.18. The molecule has 0 aliphatic carbocycles. The normalized spacial score (nSPS) is 15.9. The van der Waals surface area contributed by atoms with Crippen LogP contribution in [0.25, 0.3) is 0 Å². The minimum Gasteiger partial charge on any atom is -0.263 e. The van der Waals surface area contributed by atoms with Crippen LogP contribution in [0.1, 0.15) is 37.5 Å². The second-order valence-corrected chi connectivity index (χ2v) is 8.14. The van der Waals surface area contributed by atoms with Crippen LogP contribution in [0.2, 0.25) is 0 Å². The smallest absolute Gasteiger partial charge is 0.0334 e. The van der Waals surface area contributed by atoms with E-state index in [1.165, 1.54) is 11.1 Å². The highest BCUT2D eigenvalue weighted by Crippen LogP contribution is 2.29. The van der Waals surface area contributed by atoms with E-state index in [0.29, 0.717) is 0 Å². The molecule has 1 unspecified atom stereocenters. The van der Waals surface area contributed by atoms with Crippen molar-refractivity contribution < 1.29 is 4.21 Å². The topological polar surface area (TPSA) is 17.1 Å². The van der Waals surface area contributed by atoms with Crippen molar-refractivity contribution in [3.05, 3.63) is 28.8 Å². The highest BCUT2D eigenvalue weighted by Gasteiger charge is 2.19. The van der Waals surface area contributed by atoms with E-state index in [9.17, 15) is 4.21 Å². The summed E-state index contributed by atoms with van der Waals surface area (Å²) in [4.78, 5) is 0.892. The molecule has 1 rings (SSSR count). The molecule has 1 aromatic rings. The van der Waals surface area contributed by atoms with Crippen LogP contribution in [-0.4, -0.2) is 16.3 Å². The van der Waals surface area contributed by atoms with Crippen LogP contribution in [0.4, 0.5) is 0 Å². The highest BCUT2D eigenvalue weighted by atomic mass is 32.2. The van der Waals surface area contributed by atoms with Gasteiger partial charge in [-0.05, 0) is 57.4 Å². The Hall–Kier alpha value is -0.760. The molecule has 1 nitrogen and oxygen atoms in total. The standard InChI is InChI=1S/C14H22OS/c1-10-8-11(2)13(16(6,7)15)9-12(10)14(3,4)5/h8-9H,6H2,1-5,7H3. The van der Waals surface area contributed by atoms with Crippen LogP contribution >= 0.6 is 0 Å². The van der Waals surface area contributed by atoms with Gasteiger partial charge in [0.05, 0.1) is 0 Å². The lowest BCUT2D eigenvalue weighted by Crippen LogP contribution is -2.15. The van der Waals surface area contributed by atoms with Gasteiger partial charge in [-0.15, -0.1) is 0 Å². The molecule has 0 radical (unpaired) electrons. The van der Waals surface area contributed by atoms with Gasteiger partial charge in [-0.3, -0.25) is 4.21 Å². The zero-order valence-corrected chi connectivity index (χ0v) is 12.0. The maximum atomic E-state index is 12.1. The third-order valence-corrected chi connectivity index (χ3v) is 4.17. The first-order valence-electron chi connectivity index (χ1n) is 5.47. The van der Waals surface area contributed by atoms with Gasteiger partial charge >= 0.3 is 0 Å². The summed E-state index contributed by atoms with van der Waals surface area (Å²) in [5.74, 6) is 3.78. The van der Waals surface area contributed by atoms with E-state index in [-0.39, 0.29) is 5.41 Å². The molecular formula is C14H22OS. The molecule has 0 bridgehead atoms. The predicted molar refractivity (Wildman–Crippen MR) is 74.1 cm³/mol. The lowest BCUT2D eigenvalue weighted by molar-refractivity contribution is 0.584. The summed E-state index contributed by atoms with van der Waals surface area (Å²) in [6.07, 6.45) is 1.71. The van der Waals surface area contributed by atoms with Crippen molar-refractivity contribution in [2.24, 2.45) is 0 Å². The number of hydrogen-bond acceptors (Lipinski definition) is 1. The van der Waals surface area contributed by atoms with Gasteiger partial charge in [0, 0.05) is 11.2 Å². The van der Waals surface area contributed by atoms with E-state index in [0.717, 1.165) is 10.5 Å². The van der Waals surface area contributed by atoms with Gasteiger partial charge in [-0.2, -0.15) is 0 Å². The molecule has 16 heavy (non-hydrogen) atoms. The molecule has 1 atom stereocenters. The largest absolute Gasteiger partial charge is 0.263 e. The van der Waals surface area contributed by atoms with Crippen LogP contribution < -0.4 is 0 Å². The summed E-state index contributed by atoms with van der Waals surface area (Å²) in [7, 11) is -2.13. The molecule has 0 aromatic heterocycles. The molecule has 0 saturated heterocycles. The van der Waals surface area contributed by atoms with Crippen molar-refractivity contribution >= 4 is 15.4 Å². The van der Waals surface area contributed by atoms with Gasteiger partial charge in [0.25, 0.3) is 0 Å². The van der Waals surface area contributed by atoms with Crippen molar-refractivity contribution in [3.63, 3.8) is 0 Å². The minimum atomic E-state index is -2.13. The zero-order valence-electron chi connectivity index (χ0n) is 11.2. The Kier molecular flexibility index (Phi) is 3.26. The monoisotopic (exact) mass is 238 g/mol. The molecule has 90 valence electrons. The number of hydrogen-bond donors (Lipinski definition) is 0. The first-order chi connectivity index (χ1) is 7.03. The van der Waals surface area contributed by atoms with E-state index in [2.05, 4.69) is 45.7 Å². The van der Waals surface area contributed by atoms with Gasteiger partial charge in [0.2, 0.25) is 0 Å². The van der Waals surface area contributed by atoms with E-state index in [1.807, 2.05) is 6.92 Å². The fraction of sp³-hybridized carbons (Fsp3) is 0.500. The van der Waals surface area contributed by atoms with Crippen LogP contribution in [0, 0.1) is 13.8 Å². The van der Waals surface area contributed by atoms with Crippen LogP contribution in [0.15, 0.2) is 17.0 Å². The summed E-state index contributed by atoms with van der Waals surface area (Å²) in [5.41, 5.74) is 3.67. The second kappa shape index (κ2) is 3.92. The van der Waals surface area contributed by atoms with Gasteiger partial charge in [-0.25, -0.2) is 0 Å². The highest BCUT2D eigenvalue weighted by molar-refractivity contribution is 7.99. The molecule has 0 heterocycles. The van der Waals surface area contributed by atoms with E-state index in [4.69, 9.17) is 0 Å². The third kappa shape index (κ3) is 2.67. The fourth-order valence-electron chi connectivity index (χ4n) is 2.11. The van der Waals surface area contributed by atoms with E-state index >= 15 is 0 Å². The molecule has 0 aliphatic rings. The van der Waals surface area contributed by atoms with Gasteiger partial charge < -0.3 is 0 Å². The zero-order chi connectivity index (χ0) is 12.7. The van der Waals surface area contributed by atoms with Crippen LogP contribution in [-0.2, 0) is 14.9 Å².